The zero-order chi connectivity index (χ0) is 11.2. The Balaban J connectivity index is 3.17. The molecule has 0 atom stereocenters. The SMILES string of the molecule is O=c1[nH]c2c(Br)cc(Br)c(F)c2c(=O)o1. The highest BCUT2D eigenvalue weighted by Crippen LogP contribution is 2.27. The average molecular weight is 339 g/mol. The highest BCUT2D eigenvalue weighted by molar-refractivity contribution is 9.11. The van der Waals surface area contributed by atoms with Crippen molar-refractivity contribution >= 4 is 42.8 Å². The largest absolute Gasteiger partial charge is 0.419 e. The summed E-state index contributed by atoms with van der Waals surface area (Å²) in [7, 11) is 0. The minimum atomic E-state index is -1.01. The van der Waals surface area contributed by atoms with Gasteiger partial charge in [-0.3, -0.25) is 4.98 Å². The molecular weight excluding hydrogens is 337 g/mol. The molecular formula is C8H2Br2FNO3. The van der Waals surface area contributed by atoms with Crippen LogP contribution in [0.4, 0.5) is 4.39 Å². The zero-order valence-electron chi connectivity index (χ0n) is 6.94. The molecule has 0 unspecified atom stereocenters. The molecule has 0 saturated heterocycles. The lowest BCUT2D eigenvalue weighted by Gasteiger charge is -2.01. The molecule has 7 heteroatoms. The molecule has 0 spiro atoms. The van der Waals surface area contributed by atoms with Gasteiger partial charge < -0.3 is 4.42 Å². The number of hydrogen-bond donors (Lipinski definition) is 1. The summed E-state index contributed by atoms with van der Waals surface area (Å²) in [5.41, 5.74) is -0.926. The lowest BCUT2D eigenvalue weighted by Crippen LogP contribution is -2.16. The smallest absolute Gasteiger partial charge is 0.372 e. The van der Waals surface area contributed by atoms with E-state index in [0.717, 1.165) is 0 Å². The second kappa shape index (κ2) is 3.57. The molecule has 78 valence electrons. The molecule has 2 rings (SSSR count). The van der Waals surface area contributed by atoms with Crippen LogP contribution < -0.4 is 11.4 Å². The molecule has 4 nitrogen and oxygen atoms in total. The monoisotopic (exact) mass is 337 g/mol. The van der Waals surface area contributed by atoms with Crippen LogP contribution in [-0.4, -0.2) is 4.98 Å². The first-order valence-corrected chi connectivity index (χ1v) is 5.30. The molecule has 0 radical (unpaired) electrons. The quantitative estimate of drug-likeness (QED) is 0.748. The van der Waals surface area contributed by atoms with E-state index in [1.54, 1.807) is 0 Å². The molecule has 2 aromatic rings. The van der Waals surface area contributed by atoms with Gasteiger partial charge in [0.1, 0.15) is 5.39 Å². The van der Waals surface area contributed by atoms with Gasteiger partial charge in [-0.15, -0.1) is 0 Å². The Morgan fingerprint density at radius 2 is 1.93 bits per heavy atom. The Morgan fingerprint density at radius 1 is 1.27 bits per heavy atom. The number of rotatable bonds is 0. The molecule has 1 aromatic carbocycles. The van der Waals surface area contributed by atoms with E-state index >= 15 is 0 Å². The number of hydrogen-bond acceptors (Lipinski definition) is 3. The van der Waals surface area contributed by atoms with Crippen LogP contribution in [-0.2, 0) is 0 Å². The Bertz CT molecular complexity index is 661. The molecule has 0 aliphatic heterocycles. The van der Waals surface area contributed by atoms with Gasteiger partial charge >= 0.3 is 11.4 Å². The molecule has 0 saturated carbocycles. The van der Waals surface area contributed by atoms with E-state index in [9.17, 15) is 14.0 Å². The van der Waals surface area contributed by atoms with Gasteiger partial charge in [-0.05, 0) is 37.9 Å². The summed E-state index contributed by atoms with van der Waals surface area (Å²) >= 11 is 6.05. The van der Waals surface area contributed by atoms with Crippen LogP contribution in [0.15, 0.2) is 29.0 Å². The predicted octanol–water partition coefficient (Wildman–Crippen LogP) is 2.15. The van der Waals surface area contributed by atoms with Crippen molar-refractivity contribution in [3.63, 3.8) is 0 Å². The molecule has 1 aromatic heterocycles. The summed E-state index contributed by atoms with van der Waals surface area (Å²) in [6.45, 7) is 0. The Morgan fingerprint density at radius 3 is 2.60 bits per heavy atom. The molecule has 0 aliphatic rings. The highest BCUT2D eigenvalue weighted by Gasteiger charge is 2.14. The fourth-order valence-electron chi connectivity index (χ4n) is 1.17. The third-order valence-corrected chi connectivity index (χ3v) is 2.99. The number of benzene rings is 1. The van der Waals surface area contributed by atoms with Crippen molar-refractivity contribution in [1.29, 1.82) is 0 Å². The molecule has 0 amide bonds. The number of nitrogens with one attached hydrogen (secondary N) is 1. The highest BCUT2D eigenvalue weighted by atomic mass is 79.9. The number of aromatic nitrogens is 1. The normalized spacial score (nSPS) is 10.9. The number of halogens is 3. The summed E-state index contributed by atoms with van der Waals surface area (Å²) in [6, 6.07) is 1.40. The van der Waals surface area contributed by atoms with Crippen molar-refractivity contribution in [2.24, 2.45) is 0 Å². The van der Waals surface area contributed by atoms with E-state index in [1.165, 1.54) is 6.07 Å². The van der Waals surface area contributed by atoms with Gasteiger partial charge in [0.2, 0.25) is 0 Å². The summed E-state index contributed by atoms with van der Waals surface area (Å²) in [6.07, 6.45) is 0. The van der Waals surface area contributed by atoms with E-state index < -0.39 is 17.2 Å². The lowest BCUT2D eigenvalue weighted by atomic mass is 10.2. The third-order valence-electron chi connectivity index (χ3n) is 1.79. The van der Waals surface area contributed by atoms with Crippen LogP contribution >= 0.6 is 31.9 Å². The average Bonchev–Trinajstić information content (AvgIpc) is 2.13. The standard InChI is InChI=1S/C8H2Br2FNO3/c9-2-1-3(10)6-4(5(2)11)7(13)15-8(14)12-6/h1H,(H,12,14). The van der Waals surface area contributed by atoms with Gasteiger partial charge in [-0.1, -0.05) is 0 Å². The third kappa shape index (κ3) is 1.65. The molecule has 0 bridgehead atoms. The maximum Gasteiger partial charge on any atom is 0.419 e. The van der Waals surface area contributed by atoms with Gasteiger partial charge in [-0.25, -0.2) is 14.0 Å². The number of H-pyrrole nitrogens is 1. The van der Waals surface area contributed by atoms with Crippen molar-refractivity contribution in [2.75, 3.05) is 0 Å². The second-order valence-electron chi connectivity index (χ2n) is 2.71. The van der Waals surface area contributed by atoms with E-state index in [0.29, 0.717) is 4.47 Å². The van der Waals surface area contributed by atoms with Crippen LogP contribution in [0.1, 0.15) is 0 Å². The minimum absolute atomic E-state index is 0.0805. The van der Waals surface area contributed by atoms with Gasteiger partial charge in [0.05, 0.1) is 9.99 Å². The maximum atomic E-state index is 13.5. The first-order valence-electron chi connectivity index (χ1n) is 3.71. The zero-order valence-corrected chi connectivity index (χ0v) is 10.1. The fourth-order valence-corrected chi connectivity index (χ4v) is 2.43. The first-order chi connectivity index (χ1) is 7.00. The minimum Gasteiger partial charge on any atom is -0.372 e. The summed E-state index contributed by atoms with van der Waals surface area (Å²) < 4.78 is 18.3. The van der Waals surface area contributed by atoms with Crippen LogP contribution in [0, 0.1) is 5.82 Å². The number of aromatic amines is 1. The van der Waals surface area contributed by atoms with Gasteiger partial charge in [0.15, 0.2) is 5.82 Å². The molecule has 15 heavy (non-hydrogen) atoms. The van der Waals surface area contributed by atoms with Crippen molar-refractivity contribution in [2.45, 2.75) is 0 Å². The molecule has 1 N–H and O–H groups in total. The Labute approximate surface area is 98.4 Å². The number of fused-ring (bicyclic) bond motifs is 1. The summed E-state index contributed by atoms with van der Waals surface area (Å²) in [5, 5.41) is -0.296. The maximum absolute atomic E-state index is 13.5. The van der Waals surface area contributed by atoms with Crippen LogP contribution in [0.2, 0.25) is 0 Å². The topological polar surface area (TPSA) is 63.1 Å². The Hall–Kier alpha value is -0.950. The van der Waals surface area contributed by atoms with Crippen LogP contribution in [0.25, 0.3) is 10.9 Å². The summed E-state index contributed by atoms with van der Waals surface area (Å²) in [5.74, 6) is -1.69. The van der Waals surface area contributed by atoms with Crippen LogP contribution in [0.3, 0.4) is 0 Å². The van der Waals surface area contributed by atoms with Crippen molar-refractivity contribution in [3.05, 3.63) is 41.8 Å². The van der Waals surface area contributed by atoms with Crippen molar-refractivity contribution in [3.8, 4) is 0 Å². The van der Waals surface area contributed by atoms with Gasteiger partial charge in [0.25, 0.3) is 0 Å². The molecule has 0 aliphatic carbocycles. The van der Waals surface area contributed by atoms with Gasteiger partial charge in [0, 0.05) is 4.47 Å². The van der Waals surface area contributed by atoms with E-state index in [4.69, 9.17) is 0 Å². The fraction of sp³-hybridized carbons (Fsp3) is 0. The predicted molar refractivity (Wildman–Crippen MR) is 58.5 cm³/mol. The summed E-state index contributed by atoms with van der Waals surface area (Å²) in [4.78, 5) is 24.4. The lowest BCUT2D eigenvalue weighted by molar-refractivity contribution is 0.456. The molecule has 1 heterocycles. The van der Waals surface area contributed by atoms with Gasteiger partial charge in [-0.2, -0.15) is 0 Å². The van der Waals surface area contributed by atoms with Crippen LogP contribution in [0.5, 0.6) is 0 Å². The van der Waals surface area contributed by atoms with E-state index in [2.05, 4.69) is 41.3 Å². The van der Waals surface area contributed by atoms with E-state index in [1.807, 2.05) is 0 Å². The second-order valence-corrected chi connectivity index (χ2v) is 4.41. The van der Waals surface area contributed by atoms with Crippen molar-refractivity contribution < 1.29 is 8.81 Å². The van der Waals surface area contributed by atoms with Crippen molar-refractivity contribution in [1.82, 2.24) is 4.98 Å². The molecule has 0 fully saturated rings. The first kappa shape index (κ1) is 10.6. The Kier molecular flexibility index (Phi) is 2.51. The van der Waals surface area contributed by atoms with E-state index in [-0.39, 0.29) is 15.4 Å².